The van der Waals surface area contributed by atoms with Crippen molar-refractivity contribution >= 4 is 24.2 Å². The summed E-state index contributed by atoms with van der Waals surface area (Å²) in [5.41, 5.74) is 0.141. The molecule has 0 bridgehead atoms. The summed E-state index contributed by atoms with van der Waals surface area (Å²) >= 11 is 9.91. The molecule has 0 saturated carbocycles. The third-order valence-corrected chi connectivity index (χ3v) is 2.51. The van der Waals surface area contributed by atoms with Gasteiger partial charge >= 0.3 is 0 Å². The summed E-state index contributed by atoms with van der Waals surface area (Å²) in [6.45, 7) is 0. The Morgan fingerprint density at radius 3 is 2.88 bits per heavy atom. The van der Waals surface area contributed by atoms with Crippen LogP contribution in [0.4, 0.5) is 4.39 Å². The first-order valence-corrected chi connectivity index (χ1v) is 5.61. The average Bonchev–Trinajstić information content (AvgIpc) is 2.67. The van der Waals surface area contributed by atoms with Crippen molar-refractivity contribution in [1.82, 2.24) is 10.2 Å². The number of hydrogen-bond donors (Lipinski definition) is 1. The second kappa shape index (κ2) is 4.84. The average molecular weight is 259 g/mol. The number of benzene rings is 1. The minimum atomic E-state index is -0.478. The van der Waals surface area contributed by atoms with Gasteiger partial charge in [-0.1, -0.05) is 17.7 Å². The Morgan fingerprint density at radius 2 is 2.19 bits per heavy atom. The van der Waals surface area contributed by atoms with E-state index in [4.69, 9.17) is 16.0 Å². The molecule has 1 aromatic carbocycles. The normalized spacial score (nSPS) is 10.7. The quantitative estimate of drug-likeness (QED) is 0.861. The fourth-order valence-electron chi connectivity index (χ4n) is 1.25. The third-order valence-electron chi connectivity index (χ3n) is 1.97. The molecular weight excluding hydrogens is 251 g/mol. The van der Waals surface area contributed by atoms with E-state index in [0.717, 1.165) is 0 Å². The Morgan fingerprint density at radius 1 is 1.38 bits per heavy atom. The van der Waals surface area contributed by atoms with Crippen molar-refractivity contribution in [1.29, 1.82) is 0 Å². The highest BCUT2D eigenvalue weighted by Crippen LogP contribution is 2.29. The van der Waals surface area contributed by atoms with Crippen molar-refractivity contribution in [2.75, 3.05) is 5.75 Å². The van der Waals surface area contributed by atoms with E-state index < -0.39 is 5.82 Å². The molecule has 0 fully saturated rings. The van der Waals surface area contributed by atoms with E-state index in [-0.39, 0.29) is 16.5 Å². The summed E-state index contributed by atoms with van der Waals surface area (Å²) in [7, 11) is 0. The van der Waals surface area contributed by atoms with Gasteiger partial charge in [-0.15, -0.1) is 10.2 Å². The van der Waals surface area contributed by atoms with Crippen molar-refractivity contribution in [3.8, 4) is 11.5 Å². The third kappa shape index (κ3) is 2.20. The van der Waals surface area contributed by atoms with Crippen molar-refractivity contribution in [2.45, 2.75) is 6.42 Å². The van der Waals surface area contributed by atoms with Crippen molar-refractivity contribution in [3.05, 3.63) is 34.9 Å². The van der Waals surface area contributed by atoms with Gasteiger partial charge in [0.05, 0.1) is 10.6 Å². The van der Waals surface area contributed by atoms with Gasteiger partial charge in [-0.05, 0) is 17.9 Å². The molecule has 1 aromatic heterocycles. The van der Waals surface area contributed by atoms with Crippen LogP contribution in [0, 0.1) is 5.82 Å². The highest BCUT2D eigenvalue weighted by molar-refractivity contribution is 7.80. The maximum Gasteiger partial charge on any atom is 0.252 e. The lowest BCUT2D eigenvalue weighted by Crippen LogP contribution is -1.85. The Hall–Kier alpha value is -1.07. The zero-order valence-corrected chi connectivity index (χ0v) is 9.80. The lowest BCUT2D eigenvalue weighted by molar-refractivity contribution is 0.509. The molecule has 84 valence electrons. The smallest absolute Gasteiger partial charge is 0.252 e. The van der Waals surface area contributed by atoms with Crippen LogP contribution in [0.5, 0.6) is 0 Å². The van der Waals surface area contributed by atoms with Crippen LogP contribution >= 0.6 is 24.2 Å². The summed E-state index contributed by atoms with van der Waals surface area (Å²) < 4.78 is 18.8. The lowest BCUT2D eigenvalue weighted by atomic mass is 10.2. The largest absolute Gasteiger partial charge is 0.421 e. The fourth-order valence-corrected chi connectivity index (χ4v) is 1.69. The van der Waals surface area contributed by atoms with Gasteiger partial charge in [0.1, 0.15) is 5.82 Å². The zero-order valence-electron chi connectivity index (χ0n) is 8.15. The number of aryl methyl sites for hydroxylation is 1. The van der Waals surface area contributed by atoms with Crippen LogP contribution in [-0.2, 0) is 6.42 Å². The Balaban J connectivity index is 2.42. The van der Waals surface area contributed by atoms with Crippen LogP contribution in [0.15, 0.2) is 22.6 Å². The number of nitrogens with zero attached hydrogens (tertiary/aromatic N) is 2. The molecular formula is C10H8ClFN2OS. The van der Waals surface area contributed by atoms with Gasteiger partial charge in [-0.3, -0.25) is 0 Å². The maximum absolute atomic E-state index is 13.5. The standard InChI is InChI=1S/C10H8ClFN2OS/c11-6-2-1-3-7(12)9(6)10-14-13-8(15-10)4-5-16/h1-3,16H,4-5H2. The summed E-state index contributed by atoms with van der Waals surface area (Å²) in [6, 6.07) is 4.39. The molecule has 0 amide bonds. The molecule has 0 saturated heterocycles. The molecule has 0 radical (unpaired) electrons. The second-order valence-corrected chi connectivity index (χ2v) is 3.93. The predicted octanol–water partition coefficient (Wildman–Crippen LogP) is 3.00. The lowest BCUT2D eigenvalue weighted by Gasteiger charge is -1.99. The molecule has 0 aliphatic heterocycles. The summed E-state index contributed by atoms with van der Waals surface area (Å²) in [5.74, 6) is 0.630. The first-order valence-electron chi connectivity index (χ1n) is 4.60. The van der Waals surface area contributed by atoms with E-state index in [1.165, 1.54) is 12.1 Å². The number of thiol groups is 1. The van der Waals surface area contributed by atoms with Crippen molar-refractivity contribution in [3.63, 3.8) is 0 Å². The molecule has 2 rings (SSSR count). The molecule has 0 aliphatic carbocycles. The van der Waals surface area contributed by atoms with Crippen LogP contribution in [0.1, 0.15) is 5.89 Å². The van der Waals surface area contributed by atoms with Gasteiger partial charge < -0.3 is 4.42 Å². The Kier molecular flexibility index (Phi) is 3.46. The van der Waals surface area contributed by atoms with E-state index in [1.54, 1.807) is 6.07 Å². The topological polar surface area (TPSA) is 38.9 Å². The van der Waals surface area contributed by atoms with E-state index in [2.05, 4.69) is 22.8 Å². The van der Waals surface area contributed by atoms with Gasteiger partial charge in [0, 0.05) is 6.42 Å². The summed E-state index contributed by atoms with van der Waals surface area (Å²) in [6.07, 6.45) is 0.544. The number of rotatable bonds is 3. The number of halogens is 2. The van der Waals surface area contributed by atoms with E-state index >= 15 is 0 Å². The molecule has 6 heteroatoms. The van der Waals surface area contributed by atoms with Crippen LogP contribution in [0.25, 0.3) is 11.5 Å². The highest BCUT2D eigenvalue weighted by Gasteiger charge is 2.15. The molecule has 0 aliphatic rings. The molecule has 0 spiro atoms. The van der Waals surface area contributed by atoms with E-state index in [9.17, 15) is 4.39 Å². The monoisotopic (exact) mass is 258 g/mol. The van der Waals surface area contributed by atoms with E-state index in [1.807, 2.05) is 0 Å². The summed E-state index contributed by atoms with van der Waals surface area (Å²) in [5, 5.41) is 7.78. The maximum atomic E-state index is 13.5. The molecule has 3 nitrogen and oxygen atoms in total. The number of aromatic nitrogens is 2. The molecule has 16 heavy (non-hydrogen) atoms. The van der Waals surface area contributed by atoms with Crippen molar-refractivity contribution < 1.29 is 8.81 Å². The van der Waals surface area contributed by atoms with Crippen molar-refractivity contribution in [2.24, 2.45) is 0 Å². The van der Waals surface area contributed by atoms with Crippen LogP contribution in [0.2, 0.25) is 5.02 Å². The van der Waals surface area contributed by atoms with Gasteiger partial charge in [0.2, 0.25) is 5.89 Å². The molecule has 0 atom stereocenters. The molecule has 1 heterocycles. The molecule has 2 aromatic rings. The highest BCUT2D eigenvalue weighted by atomic mass is 35.5. The zero-order chi connectivity index (χ0) is 11.5. The van der Waals surface area contributed by atoms with E-state index in [0.29, 0.717) is 18.1 Å². The minimum Gasteiger partial charge on any atom is -0.421 e. The van der Waals surface area contributed by atoms with Gasteiger partial charge in [0.25, 0.3) is 5.89 Å². The number of hydrogen-bond acceptors (Lipinski definition) is 4. The molecule has 0 unspecified atom stereocenters. The van der Waals surface area contributed by atoms with Crippen LogP contribution in [0.3, 0.4) is 0 Å². The van der Waals surface area contributed by atoms with Crippen LogP contribution < -0.4 is 0 Å². The fraction of sp³-hybridized carbons (Fsp3) is 0.200. The first-order chi connectivity index (χ1) is 7.72. The SMILES string of the molecule is Fc1cccc(Cl)c1-c1nnc(CCS)o1. The first kappa shape index (κ1) is 11.4. The molecule has 0 N–H and O–H groups in total. The van der Waals surface area contributed by atoms with Gasteiger partial charge in [-0.25, -0.2) is 4.39 Å². The minimum absolute atomic E-state index is 0.0971. The Bertz CT molecular complexity index is 483. The van der Waals surface area contributed by atoms with Gasteiger partial charge in [-0.2, -0.15) is 12.6 Å². The van der Waals surface area contributed by atoms with Crippen LogP contribution in [-0.4, -0.2) is 16.0 Å². The second-order valence-electron chi connectivity index (χ2n) is 3.07. The Labute approximate surface area is 102 Å². The summed E-state index contributed by atoms with van der Waals surface area (Å²) in [4.78, 5) is 0. The predicted molar refractivity (Wildman–Crippen MR) is 62.3 cm³/mol. The van der Waals surface area contributed by atoms with Gasteiger partial charge in [0.15, 0.2) is 0 Å².